The molecule has 2 atom stereocenters. The third-order valence-electron chi connectivity index (χ3n) is 3.43. The van der Waals surface area contributed by atoms with Gasteiger partial charge in [-0.05, 0) is 53.4 Å². The average Bonchev–Trinajstić information content (AvgIpc) is 2.32. The second-order valence-corrected chi connectivity index (χ2v) is 9.57. The molecule has 1 aromatic carbocycles. The normalized spacial score (nSPS) is 24.3. The number of sulfone groups is 1. The minimum atomic E-state index is -2.91. The first-order valence-electron chi connectivity index (χ1n) is 6.27. The Kier molecular flexibility index (Phi) is 4.84. The smallest absolute Gasteiger partial charge is 0.150 e. The van der Waals surface area contributed by atoms with Crippen LogP contribution < -0.4 is 5.73 Å². The molecule has 0 aliphatic heterocycles. The van der Waals surface area contributed by atoms with E-state index in [-0.39, 0.29) is 5.25 Å². The Bertz CT molecular complexity index is 560. The van der Waals surface area contributed by atoms with Crippen molar-refractivity contribution in [2.24, 2.45) is 0 Å². The summed E-state index contributed by atoms with van der Waals surface area (Å²) in [6.07, 6.45) is 4.97. The molecule has 2 unspecified atom stereocenters. The van der Waals surface area contributed by atoms with Crippen molar-refractivity contribution in [3.8, 4) is 0 Å². The molecule has 1 saturated carbocycles. The Morgan fingerprint density at radius 2 is 2.11 bits per heavy atom. The fourth-order valence-corrected chi connectivity index (χ4v) is 5.66. The van der Waals surface area contributed by atoms with Gasteiger partial charge in [0, 0.05) is 26.6 Å². The molecule has 3 nitrogen and oxygen atoms in total. The van der Waals surface area contributed by atoms with Crippen molar-refractivity contribution in [3.05, 3.63) is 22.7 Å². The average molecular weight is 364 g/mol. The van der Waals surface area contributed by atoms with E-state index in [0.29, 0.717) is 5.25 Å². The number of hydrogen-bond acceptors (Lipinski definition) is 4. The highest BCUT2D eigenvalue weighted by molar-refractivity contribution is 9.10. The fraction of sp³-hybridized carbons (Fsp3) is 0.538. The molecule has 0 heterocycles. The van der Waals surface area contributed by atoms with Crippen LogP contribution in [0.5, 0.6) is 0 Å². The number of thioether (sulfide) groups is 1. The van der Waals surface area contributed by atoms with Crippen LogP contribution in [0, 0.1) is 0 Å². The number of halogens is 1. The van der Waals surface area contributed by atoms with Crippen LogP contribution >= 0.6 is 27.7 Å². The van der Waals surface area contributed by atoms with E-state index in [9.17, 15) is 8.42 Å². The first kappa shape index (κ1) is 15.2. The molecule has 1 fully saturated rings. The van der Waals surface area contributed by atoms with E-state index in [1.165, 1.54) is 6.26 Å². The van der Waals surface area contributed by atoms with Crippen LogP contribution in [0.25, 0.3) is 0 Å². The van der Waals surface area contributed by atoms with Gasteiger partial charge >= 0.3 is 0 Å². The van der Waals surface area contributed by atoms with Gasteiger partial charge in [-0.25, -0.2) is 8.42 Å². The van der Waals surface area contributed by atoms with E-state index in [0.717, 1.165) is 40.7 Å². The number of nitrogens with two attached hydrogens (primary N) is 1. The number of hydrogen-bond donors (Lipinski definition) is 1. The standard InChI is InChI=1S/C13H18BrNO2S2/c1-19(16,17)11-4-2-3-10(8-11)18-13-6-5-9(15)7-12(13)14/h5-7,10-11H,2-4,8,15H2,1H3. The summed E-state index contributed by atoms with van der Waals surface area (Å²) in [6.45, 7) is 0. The summed E-state index contributed by atoms with van der Waals surface area (Å²) in [5.74, 6) is 0. The molecule has 1 aliphatic rings. The second kappa shape index (κ2) is 6.06. The molecule has 2 N–H and O–H groups in total. The largest absolute Gasteiger partial charge is 0.399 e. The zero-order valence-electron chi connectivity index (χ0n) is 10.8. The topological polar surface area (TPSA) is 60.2 Å². The molecule has 106 valence electrons. The highest BCUT2D eigenvalue weighted by atomic mass is 79.9. The summed E-state index contributed by atoms with van der Waals surface area (Å²) in [5, 5.41) is 0.194. The minimum Gasteiger partial charge on any atom is -0.399 e. The van der Waals surface area contributed by atoms with Crippen molar-refractivity contribution in [1.29, 1.82) is 0 Å². The Balaban J connectivity index is 2.07. The minimum absolute atomic E-state index is 0.175. The van der Waals surface area contributed by atoms with Gasteiger partial charge in [0.25, 0.3) is 0 Å². The van der Waals surface area contributed by atoms with Crippen molar-refractivity contribution in [3.63, 3.8) is 0 Å². The van der Waals surface area contributed by atoms with Gasteiger partial charge in [-0.2, -0.15) is 0 Å². The summed E-state index contributed by atoms with van der Waals surface area (Å²) in [7, 11) is -2.91. The molecular weight excluding hydrogens is 346 g/mol. The SMILES string of the molecule is CS(=O)(=O)C1CCCC(Sc2ccc(N)cc2Br)C1. The van der Waals surface area contributed by atoms with Gasteiger partial charge in [-0.15, -0.1) is 11.8 Å². The predicted octanol–water partition coefficient (Wildman–Crippen LogP) is 3.48. The maximum atomic E-state index is 11.7. The Morgan fingerprint density at radius 1 is 1.37 bits per heavy atom. The summed E-state index contributed by atoms with van der Waals surface area (Å²) < 4.78 is 24.3. The number of anilines is 1. The lowest BCUT2D eigenvalue weighted by Gasteiger charge is -2.27. The van der Waals surface area contributed by atoms with E-state index >= 15 is 0 Å². The Morgan fingerprint density at radius 3 is 2.74 bits per heavy atom. The molecule has 0 saturated heterocycles. The summed E-state index contributed by atoms with van der Waals surface area (Å²) in [6, 6.07) is 5.76. The van der Waals surface area contributed by atoms with Gasteiger partial charge in [0.2, 0.25) is 0 Å². The number of nitrogen functional groups attached to an aromatic ring is 1. The Labute approximate surface area is 127 Å². The van der Waals surface area contributed by atoms with Crippen LogP contribution in [-0.4, -0.2) is 25.2 Å². The van der Waals surface area contributed by atoms with Crippen LogP contribution in [0.2, 0.25) is 0 Å². The van der Waals surface area contributed by atoms with Crippen LogP contribution in [0.1, 0.15) is 25.7 Å². The van der Waals surface area contributed by atoms with Gasteiger partial charge in [0.05, 0.1) is 5.25 Å². The van der Waals surface area contributed by atoms with Crippen LogP contribution in [0.4, 0.5) is 5.69 Å². The lowest BCUT2D eigenvalue weighted by molar-refractivity contribution is 0.495. The quantitative estimate of drug-likeness (QED) is 0.835. The molecule has 1 aromatic rings. The molecule has 6 heteroatoms. The maximum Gasteiger partial charge on any atom is 0.150 e. The van der Waals surface area contributed by atoms with Crippen LogP contribution in [0.15, 0.2) is 27.6 Å². The third-order valence-corrected chi connectivity index (χ3v) is 7.36. The second-order valence-electron chi connectivity index (χ2n) is 5.05. The van der Waals surface area contributed by atoms with Gasteiger partial charge in [0.1, 0.15) is 9.84 Å². The summed E-state index contributed by atoms with van der Waals surface area (Å²) >= 11 is 5.26. The molecule has 1 aliphatic carbocycles. The van der Waals surface area contributed by atoms with Crippen LogP contribution in [0.3, 0.4) is 0 Å². The van der Waals surface area contributed by atoms with Crippen LogP contribution in [-0.2, 0) is 9.84 Å². The van der Waals surface area contributed by atoms with Crippen molar-refractivity contribution in [2.75, 3.05) is 12.0 Å². The molecule has 2 rings (SSSR count). The molecule has 19 heavy (non-hydrogen) atoms. The van der Waals surface area contributed by atoms with Crippen molar-refractivity contribution >= 4 is 43.2 Å². The fourth-order valence-electron chi connectivity index (χ4n) is 2.39. The highest BCUT2D eigenvalue weighted by Crippen LogP contribution is 2.39. The number of rotatable bonds is 3. The molecule has 0 radical (unpaired) electrons. The maximum absolute atomic E-state index is 11.7. The Hall–Kier alpha value is -0.200. The van der Waals surface area contributed by atoms with Crippen molar-refractivity contribution in [2.45, 2.75) is 41.1 Å². The van der Waals surface area contributed by atoms with Gasteiger partial charge in [-0.3, -0.25) is 0 Å². The third kappa shape index (κ3) is 4.13. The lowest BCUT2D eigenvalue weighted by atomic mass is 10.00. The van der Waals surface area contributed by atoms with E-state index in [1.54, 1.807) is 11.8 Å². The highest BCUT2D eigenvalue weighted by Gasteiger charge is 2.29. The molecule has 0 spiro atoms. The van der Waals surface area contributed by atoms with Gasteiger partial charge in [-0.1, -0.05) is 6.42 Å². The molecule has 0 aromatic heterocycles. The monoisotopic (exact) mass is 363 g/mol. The van der Waals surface area contributed by atoms with E-state index in [2.05, 4.69) is 15.9 Å². The zero-order chi connectivity index (χ0) is 14.0. The molecular formula is C13H18BrNO2S2. The number of benzene rings is 1. The summed E-state index contributed by atoms with van der Waals surface area (Å²) in [5.41, 5.74) is 6.45. The van der Waals surface area contributed by atoms with Gasteiger partial charge in [0.15, 0.2) is 0 Å². The predicted molar refractivity (Wildman–Crippen MR) is 85.3 cm³/mol. The molecule has 0 amide bonds. The van der Waals surface area contributed by atoms with Crippen molar-refractivity contribution < 1.29 is 8.42 Å². The zero-order valence-corrected chi connectivity index (χ0v) is 14.0. The van der Waals surface area contributed by atoms with E-state index in [1.807, 2.05) is 18.2 Å². The summed E-state index contributed by atoms with van der Waals surface area (Å²) in [4.78, 5) is 1.13. The first-order chi connectivity index (χ1) is 8.86. The molecule has 0 bridgehead atoms. The lowest BCUT2D eigenvalue weighted by Crippen LogP contribution is -2.28. The van der Waals surface area contributed by atoms with E-state index < -0.39 is 9.84 Å². The van der Waals surface area contributed by atoms with E-state index in [4.69, 9.17) is 5.73 Å². The van der Waals surface area contributed by atoms with Crippen molar-refractivity contribution in [1.82, 2.24) is 0 Å². The van der Waals surface area contributed by atoms with Gasteiger partial charge < -0.3 is 5.73 Å². The first-order valence-corrected chi connectivity index (χ1v) is 9.89.